The van der Waals surface area contributed by atoms with Gasteiger partial charge in [0.2, 0.25) is 17.7 Å². The molecule has 0 aromatic carbocycles. The molecule has 0 saturated carbocycles. The molecule has 25 heavy (non-hydrogen) atoms. The molecule has 10 nitrogen and oxygen atoms in total. The third-order valence-corrected chi connectivity index (χ3v) is 4.03. The molecule has 1 aliphatic heterocycles. The van der Waals surface area contributed by atoms with E-state index in [-0.39, 0.29) is 0 Å². The molecule has 1 saturated heterocycles. The Kier molecular flexibility index (Phi) is 7.31. The predicted molar refractivity (Wildman–Crippen MR) is 87.2 cm³/mol. The SMILES string of the molecule is CC(N)C(=O)NC(C(=O)NC(C)C(=O)N1CCCC1C(=O)O)C(C)O. The maximum Gasteiger partial charge on any atom is 0.326 e. The fourth-order valence-corrected chi connectivity index (χ4v) is 2.59. The van der Waals surface area contributed by atoms with Crippen molar-refractivity contribution >= 4 is 23.7 Å². The van der Waals surface area contributed by atoms with Crippen LogP contribution in [-0.4, -0.2) is 75.6 Å². The van der Waals surface area contributed by atoms with Gasteiger partial charge < -0.3 is 31.5 Å². The number of nitrogens with zero attached hydrogens (tertiary/aromatic N) is 1. The van der Waals surface area contributed by atoms with Crippen molar-refractivity contribution in [1.29, 1.82) is 0 Å². The second-order valence-electron chi connectivity index (χ2n) is 6.27. The maximum atomic E-state index is 12.4. The van der Waals surface area contributed by atoms with E-state index >= 15 is 0 Å². The molecule has 0 aliphatic carbocycles. The fourth-order valence-electron chi connectivity index (χ4n) is 2.59. The lowest BCUT2D eigenvalue weighted by Crippen LogP contribution is -2.58. The zero-order valence-corrected chi connectivity index (χ0v) is 14.6. The van der Waals surface area contributed by atoms with Crippen molar-refractivity contribution in [3.05, 3.63) is 0 Å². The third-order valence-electron chi connectivity index (χ3n) is 4.03. The average Bonchev–Trinajstić information content (AvgIpc) is 3.00. The zero-order valence-electron chi connectivity index (χ0n) is 14.6. The largest absolute Gasteiger partial charge is 0.480 e. The Bertz CT molecular complexity index is 536. The lowest BCUT2D eigenvalue weighted by Gasteiger charge is -2.27. The predicted octanol–water partition coefficient (Wildman–Crippen LogP) is -2.22. The highest BCUT2D eigenvalue weighted by atomic mass is 16.4. The topological polar surface area (TPSA) is 162 Å². The first kappa shape index (κ1) is 20.8. The molecule has 0 aromatic heterocycles. The van der Waals surface area contributed by atoms with Gasteiger partial charge in [-0.1, -0.05) is 0 Å². The number of carbonyl (C=O) groups excluding carboxylic acids is 3. The van der Waals surface area contributed by atoms with Crippen LogP contribution in [0, 0.1) is 0 Å². The average molecular weight is 358 g/mol. The van der Waals surface area contributed by atoms with Crippen LogP contribution in [0.25, 0.3) is 0 Å². The molecule has 10 heteroatoms. The van der Waals surface area contributed by atoms with Crippen molar-refractivity contribution in [3.63, 3.8) is 0 Å². The van der Waals surface area contributed by atoms with Crippen LogP contribution in [0.1, 0.15) is 33.6 Å². The Balaban J connectivity index is 2.74. The van der Waals surface area contributed by atoms with Crippen molar-refractivity contribution < 1.29 is 29.4 Å². The van der Waals surface area contributed by atoms with Crippen LogP contribution < -0.4 is 16.4 Å². The number of aliphatic carboxylic acids is 1. The van der Waals surface area contributed by atoms with Gasteiger partial charge in [-0.3, -0.25) is 14.4 Å². The highest BCUT2D eigenvalue weighted by molar-refractivity contribution is 5.94. The molecule has 1 fully saturated rings. The molecule has 0 radical (unpaired) electrons. The fraction of sp³-hybridized carbons (Fsp3) is 0.733. The standard InChI is InChI=1S/C15H26N4O6/c1-7(16)12(21)18-11(9(3)20)13(22)17-8(2)14(23)19-6-4-5-10(19)15(24)25/h7-11,20H,4-6,16H2,1-3H3,(H,17,22)(H,18,21)(H,24,25). The summed E-state index contributed by atoms with van der Waals surface area (Å²) in [5.41, 5.74) is 5.42. The van der Waals surface area contributed by atoms with Crippen molar-refractivity contribution in [2.75, 3.05) is 6.54 Å². The number of rotatable bonds is 7. The molecular weight excluding hydrogens is 332 g/mol. The van der Waals surface area contributed by atoms with Crippen LogP contribution in [0.5, 0.6) is 0 Å². The summed E-state index contributed by atoms with van der Waals surface area (Å²) in [6.45, 7) is 4.47. The number of carbonyl (C=O) groups is 4. The third kappa shape index (κ3) is 5.40. The summed E-state index contributed by atoms with van der Waals surface area (Å²) >= 11 is 0. The number of amides is 3. The maximum absolute atomic E-state index is 12.4. The lowest BCUT2D eigenvalue weighted by atomic mass is 10.1. The number of likely N-dealkylation sites (tertiary alicyclic amines) is 1. The van der Waals surface area contributed by atoms with E-state index in [0.29, 0.717) is 19.4 Å². The van der Waals surface area contributed by atoms with Gasteiger partial charge in [-0.15, -0.1) is 0 Å². The smallest absolute Gasteiger partial charge is 0.326 e. The van der Waals surface area contributed by atoms with Crippen LogP contribution in [0.15, 0.2) is 0 Å². The zero-order chi connectivity index (χ0) is 19.3. The number of aliphatic hydroxyl groups excluding tert-OH is 1. The minimum atomic E-state index is -1.28. The molecule has 0 aromatic rings. The Morgan fingerprint density at radius 3 is 2.20 bits per heavy atom. The lowest BCUT2D eigenvalue weighted by molar-refractivity contribution is -0.149. The quantitative estimate of drug-likeness (QED) is 0.344. The molecule has 1 rings (SSSR count). The molecule has 0 bridgehead atoms. The van der Waals surface area contributed by atoms with Crippen molar-refractivity contribution in [2.45, 2.75) is 63.9 Å². The van der Waals surface area contributed by atoms with E-state index in [4.69, 9.17) is 10.8 Å². The van der Waals surface area contributed by atoms with Gasteiger partial charge in [-0.25, -0.2) is 4.79 Å². The van der Waals surface area contributed by atoms with Gasteiger partial charge in [-0.05, 0) is 33.6 Å². The summed E-state index contributed by atoms with van der Waals surface area (Å²) in [4.78, 5) is 48.7. The Hall–Kier alpha value is -2.20. The molecule has 3 amide bonds. The van der Waals surface area contributed by atoms with E-state index in [1.54, 1.807) is 0 Å². The minimum Gasteiger partial charge on any atom is -0.480 e. The summed E-state index contributed by atoms with van der Waals surface area (Å²) in [5, 5.41) is 23.6. The van der Waals surface area contributed by atoms with Crippen LogP contribution in [-0.2, 0) is 19.2 Å². The van der Waals surface area contributed by atoms with Crippen LogP contribution in [0.4, 0.5) is 0 Å². The molecule has 142 valence electrons. The Morgan fingerprint density at radius 1 is 1.12 bits per heavy atom. The van der Waals surface area contributed by atoms with Gasteiger partial charge in [0, 0.05) is 6.54 Å². The summed E-state index contributed by atoms with van der Waals surface area (Å²) in [6, 6.07) is -4.05. The van der Waals surface area contributed by atoms with Gasteiger partial charge in [0.15, 0.2) is 0 Å². The molecular formula is C15H26N4O6. The Labute approximate surface area is 145 Å². The van der Waals surface area contributed by atoms with Gasteiger partial charge in [0.1, 0.15) is 18.1 Å². The number of aliphatic hydroxyl groups is 1. The number of carboxylic acids is 1. The summed E-state index contributed by atoms with van der Waals surface area (Å²) in [7, 11) is 0. The van der Waals surface area contributed by atoms with Crippen LogP contribution in [0.2, 0.25) is 0 Å². The van der Waals surface area contributed by atoms with E-state index in [1.807, 2.05) is 0 Å². The number of nitrogens with one attached hydrogen (secondary N) is 2. The van der Waals surface area contributed by atoms with Gasteiger partial charge >= 0.3 is 5.97 Å². The van der Waals surface area contributed by atoms with Crippen LogP contribution >= 0.6 is 0 Å². The minimum absolute atomic E-state index is 0.303. The number of carboxylic acid groups (broad SMARTS) is 1. The molecule has 5 unspecified atom stereocenters. The summed E-state index contributed by atoms with van der Waals surface area (Å²) < 4.78 is 0. The monoisotopic (exact) mass is 358 g/mol. The first-order valence-corrected chi connectivity index (χ1v) is 8.14. The second-order valence-corrected chi connectivity index (χ2v) is 6.27. The first-order chi connectivity index (χ1) is 11.6. The van der Waals surface area contributed by atoms with Gasteiger partial charge in [0.05, 0.1) is 12.1 Å². The van der Waals surface area contributed by atoms with E-state index in [9.17, 15) is 24.3 Å². The van der Waals surface area contributed by atoms with Crippen LogP contribution in [0.3, 0.4) is 0 Å². The number of hydrogen-bond acceptors (Lipinski definition) is 6. The number of hydrogen-bond donors (Lipinski definition) is 5. The van der Waals surface area contributed by atoms with E-state index in [2.05, 4.69) is 10.6 Å². The van der Waals surface area contributed by atoms with E-state index < -0.39 is 54.0 Å². The molecule has 1 heterocycles. The Morgan fingerprint density at radius 2 is 1.72 bits per heavy atom. The van der Waals surface area contributed by atoms with Crippen molar-refractivity contribution in [2.24, 2.45) is 5.73 Å². The second kappa shape index (κ2) is 8.77. The number of nitrogens with two attached hydrogens (primary N) is 1. The molecule has 5 atom stereocenters. The van der Waals surface area contributed by atoms with Crippen molar-refractivity contribution in [3.8, 4) is 0 Å². The first-order valence-electron chi connectivity index (χ1n) is 8.14. The summed E-state index contributed by atoms with van der Waals surface area (Å²) in [6.07, 6.45) is -0.268. The molecule has 1 aliphatic rings. The molecule has 0 spiro atoms. The highest BCUT2D eigenvalue weighted by Crippen LogP contribution is 2.18. The molecule has 6 N–H and O–H groups in total. The van der Waals surface area contributed by atoms with Gasteiger partial charge in [0.25, 0.3) is 0 Å². The van der Waals surface area contributed by atoms with Gasteiger partial charge in [-0.2, -0.15) is 0 Å². The highest BCUT2D eigenvalue weighted by Gasteiger charge is 2.37. The summed E-state index contributed by atoms with van der Waals surface area (Å²) in [5.74, 6) is -2.99. The van der Waals surface area contributed by atoms with E-state index in [1.165, 1.54) is 25.7 Å². The van der Waals surface area contributed by atoms with Crippen molar-refractivity contribution in [1.82, 2.24) is 15.5 Å². The van der Waals surface area contributed by atoms with E-state index in [0.717, 1.165) is 0 Å². The normalized spacial score (nSPS) is 21.8.